The van der Waals surface area contributed by atoms with Crippen molar-refractivity contribution in [2.75, 3.05) is 5.32 Å². The lowest BCUT2D eigenvalue weighted by atomic mass is 10.1. The van der Waals surface area contributed by atoms with Gasteiger partial charge < -0.3 is 4.52 Å². The summed E-state index contributed by atoms with van der Waals surface area (Å²) in [7, 11) is 0. The van der Waals surface area contributed by atoms with E-state index in [9.17, 15) is 4.79 Å². The molecular weight excluding hydrogens is 288 g/mol. The summed E-state index contributed by atoms with van der Waals surface area (Å²) < 4.78 is 4.77. The number of thiazole rings is 1. The van der Waals surface area contributed by atoms with Crippen LogP contribution in [0, 0.1) is 6.57 Å². The molecule has 3 rings (SSSR count). The van der Waals surface area contributed by atoms with Gasteiger partial charge in [0.25, 0.3) is 5.91 Å². The molecule has 0 aliphatic heterocycles. The lowest BCUT2D eigenvalue weighted by Crippen LogP contribution is -2.10. The topological polar surface area (TPSA) is 72.4 Å². The Balaban J connectivity index is 1.77. The monoisotopic (exact) mass is 296 g/mol. The lowest BCUT2D eigenvalue weighted by Gasteiger charge is -1.98. The summed E-state index contributed by atoms with van der Waals surface area (Å²) in [6, 6.07) is 8.59. The third-order valence-corrected chi connectivity index (χ3v) is 3.44. The van der Waals surface area contributed by atoms with E-state index >= 15 is 0 Å². The second kappa shape index (κ2) is 5.56. The summed E-state index contributed by atoms with van der Waals surface area (Å²) in [4.78, 5) is 19.5. The molecule has 0 radical (unpaired) electrons. The first-order chi connectivity index (χ1) is 10.3. The number of nitrogens with zero attached hydrogens (tertiary/aromatic N) is 3. The Bertz CT molecular complexity index is 800. The quantitative estimate of drug-likeness (QED) is 0.749. The van der Waals surface area contributed by atoms with Crippen molar-refractivity contribution in [2.45, 2.75) is 0 Å². The molecule has 7 heteroatoms. The standard InChI is InChI=1S/C14H8N4O2S/c1-15-10-4-2-9(3-5-10)11-8-21-14(17-11)18-13(19)12-6-7-16-20-12/h2-8H,(H,17,18,19). The average Bonchev–Trinajstić information content (AvgIpc) is 3.19. The van der Waals surface area contributed by atoms with Crippen molar-refractivity contribution >= 4 is 28.1 Å². The van der Waals surface area contributed by atoms with Crippen LogP contribution in [0.25, 0.3) is 16.1 Å². The number of anilines is 1. The zero-order valence-electron chi connectivity index (χ0n) is 10.6. The zero-order chi connectivity index (χ0) is 14.7. The van der Waals surface area contributed by atoms with Gasteiger partial charge in [-0.1, -0.05) is 29.4 Å². The molecule has 2 heterocycles. The maximum absolute atomic E-state index is 11.8. The van der Waals surface area contributed by atoms with Crippen LogP contribution in [0.1, 0.15) is 10.6 Å². The normalized spacial score (nSPS) is 10.0. The Hall–Kier alpha value is -2.98. The van der Waals surface area contributed by atoms with Crippen molar-refractivity contribution in [3.63, 3.8) is 0 Å². The van der Waals surface area contributed by atoms with Crippen molar-refractivity contribution in [1.82, 2.24) is 10.1 Å². The number of benzene rings is 1. The van der Waals surface area contributed by atoms with Crippen LogP contribution in [0.2, 0.25) is 0 Å². The fourth-order valence-corrected chi connectivity index (χ4v) is 2.38. The van der Waals surface area contributed by atoms with Gasteiger partial charge in [0.1, 0.15) is 0 Å². The van der Waals surface area contributed by atoms with Crippen LogP contribution in [0.5, 0.6) is 0 Å². The predicted octanol–water partition coefficient (Wildman–Crippen LogP) is 3.60. The minimum Gasteiger partial charge on any atom is -0.351 e. The molecule has 6 nitrogen and oxygen atoms in total. The van der Waals surface area contributed by atoms with E-state index in [1.807, 2.05) is 17.5 Å². The molecular formula is C14H8N4O2S. The lowest BCUT2D eigenvalue weighted by molar-refractivity contribution is 0.0988. The summed E-state index contributed by atoms with van der Waals surface area (Å²) in [5.74, 6) is -0.259. The second-order valence-corrected chi connectivity index (χ2v) is 4.89. The Labute approximate surface area is 123 Å². The van der Waals surface area contributed by atoms with Crippen LogP contribution in [-0.4, -0.2) is 16.0 Å². The summed E-state index contributed by atoms with van der Waals surface area (Å²) in [6.45, 7) is 6.92. The molecule has 2 aromatic heterocycles. The van der Waals surface area contributed by atoms with Crippen molar-refractivity contribution in [3.8, 4) is 11.3 Å². The molecule has 0 bridgehead atoms. The minimum atomic E-state index is -0.392. The van der Waals surface area contributed by atoms with E-state index < -0.39 is 5.91 Å². The smallest absolute Gasteiger partial charge is 0.296 e. The molecule has 102 valence electrons. The first-order valence-electron chi connectivity index (χ1n) is 5.92. The fourth-order valence-electron chi connectivity index (χ4n) is 1.66. The van der Waals surface area contributed by atoms with E-state index in [1.54, 1.807) is 12.1 Å². The van der Waals surface area contributed by atoms with E-state index in [4.69, 9.17) is 11.1 Å². The van der Waals surface area contributed by atoms with Gasteiger partial charge in [-0.15, -0.1) is 11.3 Å². The molecule has 0 spiro atoms. The van der Waals surface area contributed by atoms with Gasteiger partial charge in [0.2, 0.25) is 5.76 Å². The highest BCUT2D eigenvalue weighted by Crippen LogP contribution is 2.26. The molecule has 0 fully saturated rings. The summed E-state index contributed by atoms with van der Waals surface area (Å²) in [5.41, 5.74) is 2.20. The second-order valence-electron chi connectivity index (χ2n) is 4.03. The van der Waals surface area contributed by atoms with Gasteiger partial charge >= 0.3 is 0 Å². The highest BCUT2D eigenvalue weighted by atomic mass is 32.1. The van der Waals surface area contributed by atoms with E-state index in [2.05, 4.69) is 20.3 Å². The van der Waals surface area contributed by atoms with Crippen LogP contribution in [0.3, 0.4) is 0 Å². The van der Waals surface area contributed by atoms with Crippen molar-refractivity contribution in [3.05, 3.63) is 59.1 Å². The van der Waals surface area contributed by atoms with E-state index in [0.29, 0.717) is 10.8 Å². The number of hydrogen-bond donors (Lipinski definition) is 1. The van der Waals surface area contributed by atoms with Gasteiger partial charge in [-0.05, 0) is 5.56 Å². The van der Waals surface area contributed by atoms with Crippen LogP contribution >= 0.6 is 11.3 Å². The number of rotatable bonds is 3. The summed E-state index contributed by atoms with van der Waals surface area (Å²) in [6.07, 6.45) is 1.40. The van der Waals surface area contributed by atoms with Gasteiger partial charge in [0.15, 0.2) is 10.8 Å². The van der Waals surface area contributed by atoms with Crippen LogP contribution in [0.4, 0.5) is 10.8 Å². The van der Waals surface area contributed by atoms with Gasteiger partial charge in [-0.3, -0.25) is 10.1 Å². The van der Waals surface area contributed by atoms with E-state index in [-0.39, 0.29) is 5.76 Å². The molecule has 1 N–H and O–H groups in total. The highest BCUT2D eigenvalue weighted by Gasteiger charge is 2.12. The number of aromatic nitrogens is 2. The number of nitrogens with one attached hydrogen (secondary N) is 1. The molecule has 0 saturated heterocycles. The Morgan fingerprint density at radius 1 is 1.29 bits per heavy atom. The molecule has 0 saturated carbocycles. The van der Waals surface area contributed by atoms with Crippen molar-refractivity contribution in [2.24, 2.45) is 0 Å². The molecule has 1 aromatic carbocycles. The Morgan fingerprint density at radius 3 is 2.76 bits per heavy atom. The average molecular weight is 296 g/mol. The highest BCUT2D eigenvalue weighted by molar-refractivity contribution is 7.14. The molecule has 0 atom stereocenters. The van der Waals surface area contributed by atoms with Gasteiger partial charge in [0.05, 0.1) is 18.5 Å². The minimum absolute atomic E-state index is 0.133. The van der Waals surface area contributed by atoms with Gasteiger partial charge in [-0.2, -0.15) is 0 Å². The summed E-state index contributed by atoms with van der Waals surface area (Å²) in [5, 5.41) is 8.43. The van der Waals surface area contributed by atoms with Crippen molar-refractivity contribution in [1.29, 1.82) is 0 Å². The Morgan fingerprint density at radius 2 is 2.10 bits per heavy atom. The Kier molecular flexibility index (Phi) is 3.45. The third kappa shape index (κ3) is 2.80. The molecule has 21 heavy (non-hydrogen) atoms. The first kappa shape index (κ1) is 13.0. The predicted molar refractivity (Wildman–Crippen MR) is 78.3 cm³/mol. The number of carbonyl (C=O) groups is 1. The molecule has 0 unspecified atom stereocenters. The van der Waals surface area contributed by atoms with Crippen LogP contribution in [0.15, 0.2) is 46.4 Å². The third-order valence-electron chi connectivity index (χ3n) is 2.68. The van der Waals surface area contributed by atoms with Gasteiger partial charge in [-0.25, -0.2) is 9.83 Å². The fraction of sp³-hybridized carbons (Fsp3) is 0. The first-order valence-corrected chi connectivity index (χ1v) is 6.79. The maximum atomic E-state index is 11.8. The van der Waals surface area contributed by atoms with E-state index in [0.717, 1.165) is 11.3 Å². The molecule has 1 amide bonds. The molecule has 3 aromatic rings. The van der Waals surface area contributed by atoms with E-state index in [1.165, 1.54) is 23.6 Å². The molecule has 0 aliphatic rings. The number of hydrogen-bond acceptors (Lipinski definition) is 5. The zero-order valence-corrected chi connectivity index (χ0v) is 11.4. The van der Waals surface area contributed by atoms with Crippen LogP contribution < -0.4 is 5.32 Å². The van der Waals surface area contributed by atoms with Crippen LogP contribution in [-0.2, 0) is 0 Å². The maximum Gasteiger partial charge on any atom is 0.296 e. The summed E-state index contributed by atoms with van der Waals surface area (Å²) >= 11 is 1.31. The van der Waals surface area contributed by atoms with Crippen molar-refractivity contribution < 1.29 is 9.32 Å². The largest absolute Gasteiger partial charge is 0.351 e. The number of carbonyl (C=O) groups excluding carboxylic acids is 1. The number of amides is 1. The molecule has 0 aliphatic carbocycles. The van der Waals surface area contributed by atoms with Gasteiger partial charge in [0, 0.05) is 11.4 Å². The SMILES string of the molecule is [C-]#[N+]c1ccc(-c2csc(NC(=O)c3ccno3)n2)cc1.